The molecule has 176 valence electrons. The van der Waals surface area contributed by atoms with Crippen molar-refractivity contribution in [1.29, 1.82) is 0 Å². The number of esters is 2. The van der Waals surface area contributed by atoms with Crippen molar-refractivity contribution in [2.75, 3.05) is 13.2 Å². The quantitative estimate of drug-likeness (QED) is 0.356. The van der Waals surface area contributed by atoms with Crippen LogP contribution >= 0.6 is 0 Å². The van der Waals surface area contributed by atoms with E-state index in [0.717, 1.165) is 43.2 Å². The van der Waals surface area contributed by atoms with Crippen molar-refractivity contribution >= 4 is 24.1 Å². The minimum absolute atomic E-state index is 0.0205. The molecule has 0 unspecified atom stereocenters. The maximum atomic E-state index is 12.4. The maximum absolute atomic E-state index is 12.4. The van der Waals surface area contributed by atoms with Crippen LogP contribution in [0.3, 0.4) is 0 Å². The first-order chi connectivity index (χ1) is 16.5. The molecular weight excluding hydrogens is 424 g/mol. The van der Waals surface area contributed by atoms with E-state index in [-0.39, 0.29) is 22.8 Å². The van der Waals surface area contributed by atoms with Gasteiger partial charge < -0.3 is 9.47 Å². The largest absolute Gasteiger partial charge is 0.462 e. The van der Waals surface area contributed by atoms with E-state index in [1.165, 1.54) is 18.6 Å². The SMILES string of the molecule is O=C(C=Cc1ccccc1)OCC12CC3CC(C1)CC(COC(=O)C=Cc1ccccc1)(C3)C2. The van der Waals surface area contributed by atoms with Gasteiger partial charge >= 0.3 is 11.9 Å². The summed E-state index contributed by atoms with van der Waals surface area (Å²) in [6.07, 6.45) is 13.3. The Morgan fingerprint density at radius 3 is 1.53 bits per heavy atom. The lowest BCUT2D eigenvalue weighted by molar-refractivity contribution is -0.174. The van der Waals surface area contributed by atoms with Crippen LogP contribution in [0.1, 0.15) is 49.7 Å². The molecule has 0 atom stereocenters. The number of ether oxygens (including phenoxy) is 2. The molecule has 34 heavy (non-hydrogen) atoms. The van der Waals surface area contributed by atoms with Crippen LogP contribution in [0.5, 0.6) is 0 Å². The molecular formula is C30H32O4. The zero-order chi connectivity index (χ0) is 23.4. The Labute approximate surface area is 201 Å². The third-order valence-electron chi connectivity index (χ3n) is 7.77. The fraction of sp³-hybridized carbons (Fsp3) is 0.400. The Morgan fingerprint density at radius 2 is 1.12 bits per heavy atom. The normalized spacial score (nSPS) is 29.5. The fourth-order valence-electron chi connectivity index (χ4n) is 6.99. The van der Waals surface area contributed by atoms with Crippen LogP contribution in [0, 0.1) is 22.7 Å². The molecule has 2 aromatic rings. The molecule has 0 radical (unpaired) electrons. The van der Waals surface area contributed by atoms with Crippen molar-refractivity contribution < 1.29 is 19.1 Å². The summed E-state index contributed by atoms with van der Waals surface area (Å²) < 4.78 is 11.5. The van der Waals surface area contributed by atoms with E-state index in [1.807, 2.05) is 60.7 Å². The second kappa shape index (κ2) is 9.61. The second-order valence-electron chi connectivity index (χ2n) is 10.7. The molecule has 0 N–H and O–H groups in total. The van der Waals surface area contributed by atoms with Gasteiger partial charge in [0.15, 0.2) is 0 Å². The first-order valence-electron chi connectivity index (χ1n) is 12.3. The summed E-state index contributed by atoms with van der Waals surface area (Å²) in [6.45, 7) is 0.920. The first kappa shape index (κ1) is 22.6. The van der Waals surface area contributed by atoms with Gasteiger partial charge in [-0.1, -0.05) is 60.7 Å². The summed E-state index contributed by atoms with van der Waals surface area (Å²) in [4.78, 5) is 24.8. The second-order valence-corrected chi connectivity index (χ2v) is 10.7. The van der Waals surface area contributed by atoms with Crippen LogP contribution < -0.4 is 0 Å². The van der Waals surface area contributed by atoms with Gasteiger partial charge in [-0.25, -0.2) is 9.59 Å². The van der Waals surface area contributed by atoms with Crippen LogP contribution in [-0.4, -0.2) is 25.2 Å². The fourth-order valence-corrected chi connectivity index (χ4v) is 6.99. The molecule has 0 saturated heterocycles. The van der Waals surface area contributed by atoms with E-state index in [0.29, 0.717) is 25.0 Å². The van der Waals surface area contributed by atoms with E-state index < -0.39 is 0 Å². The Balaban J connectivity index is 1.18. The predicted octanol–water partition coefficient (Wildman–Crippen LogP) is 6.09. The molecule has 4 bridgehead atoms. The van der Waals surface area contributed by atoms with E-state index in [9.17, 15) is 9.59 Å². The molecule has 4 heteroatoms. The maximum Gasteiger partial charge on any atom is 0.330 e. The molecule has 4 fully saturated rings. The minimum atomic E-state index is -0.286. The van der Waals surface area contributed by atoms with Crippen LogP contribution in [0.15, 0.2) is 72.8 Å². The van der Waals surface area contributed by atoms with Crippen molar-refractivity contribution in [2.45, 2.75) is 38.5 Å². The summed E-state index contributed by atoms with van der Waals surface area (Å²) in [5.74, 6) is 0.703. The molecule has 0 heterocycles. The molecule has 6 rings (SSSR count). The molecule has 2 aromatic carbocycles. The summed E-state index contributed by atoms with van der Waals surface area (Å²) in [5, 5.41) is 0. The van der Waals surface area contributed by atoms with Crippen molar-refractivity contribution in [3.63, 3.8) is 0 Å². The highest BCUT2D eigenvalue weighted by atomic mass is 16.5. The molecule has 4 saturated carbocycles. The van der Waals surface area contributed by atoms with Crippen LogP contribution in [0.4, 0.5) is 0 Å². The van der Waals surface area contributed by atoms with Gasteiger partial charge in [0.1, 0.15) is 0 Å². The summed E-state index contributed by atoms with van der Waals surface area (Å²) in [7, 11) is 0. The number of hydrogen-bond acceptors (Lipinski definition) is 4. The first-order valence-corrected chi connectivity index (χ1v) is 12.3. The van der Waals surface area contributed by atoms with Crippen molar-refractivity contribution in [3.05, 3.63) is 83.9 Å². The van der Waals surface area contributed by atoms with Crippen LogP contribution in [-0.2, 0) is 19.1 Å². The zero-order valence-corrected chi connectivity index (χ0v) is 19.5. The highest BCUT2D eigenvalue weighted by Gasteiger charge is 2.58. The smallest absolute Gasteiger partial charge is 0.330 e. The van der Waals surface area contributed by atoms with Gasteiger partial charge in [0.2, 0.25) is 0 Å². The van der Waals surface area contributed by atoms with Crippen LogP contribution in [0.2, 0.25) is 0 Å². The zero-order valence-electron chi connectivity index (χ0n) is 19.5. The van der Waals surface area contributed by atoms with Crippen molar-refractivity contribution in [3.8, 4) is 0 Å². The van der Waals surface area contributed by atoms with Crippen molar-refractivity contribution in [2.24, 2.45) is 22.7 Å². The topological polar surface area (TPSA) is 52.6 Å². The Bertz CT molecular complexity index is 972. The van der Waals surface area contributed by atoms with Crippen LogP contribution in [0.25, 0.3) is 12.2 Å². The lowest BCUT2D eigenvalue weighted by atomic mass is 9.44. The van der Waals surface area contributed by atoms with Gasteiger partial charge in [0.05, 0.1) is 13.2 Å². The van der Waals surface area contributed by atoms with E-state index in [4.69, 9.17) is 9.47 Å². The van der Waals surface area contributed by atoms with Gasteiger partial charge in [-0.05, 0) is 73.6 Å². The predicted molar refractivity (Wildman–Crippen MR) is 132 cm³/mol. The molecule has 0 amide bonds. The summed E-state index contributed by atoms with van der Waals surface area (Å²) >= 11 is 0. The molecule has 0 aromatic heterocycles. The molecule has 4 nitrogen and oxygen atoms in total. The van der Waals surface area contributed by atoms with E-state index in [2.05, 4.69) is 0 Å². The van der Waals surface area contributed by atoms with Gasteiger partial charge in [-0.2, -0.15) is 0 Å². The number of carbonyl (C=O) groups is 2. The van der Waals surface area contributed by atoms with Gasteiger partial charge in [0.25, 0.3) is 0 Å². The molecule has 4 aliphatic carbocycles. The monoisotopic (exact) mass is 456 g/mol. The third-order valence-corrected chi connectivity index (χ3v) is 7.77. The van der Waals surface area contributed by atoms with Crippen molar-refractivity contribution in [1.82, 2.24) is 0 Å². The number of benzene rings is 2. The lowest BCUT2D eigenvalue weighted by Crippen LogP contribution is -2.55. The Hall–Kier alpha value is -3.14. The summed E-state index contributed by atoms with van der Waals surface area (Å²) in [5.41, 5.74) is 2.01. The van der Waals surface area contributed by atoms with E-state index >= 15 is 0 Å². The Kier molecular flexibility index (Phi) is 6.40. The van der Waals surface area contributed by atoms with Gasteiger partial charge in [-0.3, -0.25) is 0 Å². The minimum Gasteiger partial charge on any atom is -0.462 e. The van der Waals surface area contributed by atoms with E-state index in [1.54, 1.807) is 12.2 Å². The highest BCUT2D eigenvalue weighted by Crippen LogP contribution is 2.65. The Morgan fingerprint density at radius 1 is 0.706 bits per heavy atom. The van der Waals surface area contributed by atoms with Gasteiger partial charge in [-0.15, -0.1) is 0 Å². The average Bonchev–Trinajstić information content (AvgIpc) is 2.84. The molecule has 0 aliphatic heterocycles. The average molecular weight is 457 g/mol. The standard InChI is InChI=1S/C30H32O4/c31-27(13-11-23-7-3-1-4-8-23)33-21-29-16-25-15-26(17-29)19-30(18-25,20-29)22-34-28(32)14-12-24-9-5-2-6-10-24/h1-14,25-26H,15-22H2. The van der Waals surface area contributed by atoms with Gasteiger partial charge in [0, 0.05) is 23.0 Å². The number of rotatable bonds is 8. The highest BCUT2D eigenvalue weighted by molar-refractivity contribution is 5.87. The number of carbonyl (C=O) groups excluding carboxylic acids is 2. The molecule has 0 spiro atoms. The molecule has 4 aliphatic rings. The number of hydrogen-bond donors (Lipinski definition) is 0. The third kappa shape index (κ3) is 5.32. The summed E-state index contributed by atoms with van der Waals surface area (Å²) in [6, 6.07) is 19.5. The lowest BCUT2D eigenvalue weighted by Gasteiger charge is -2.61.